The minimum atomic E-state index is 0.568. The average molecular weight is 284 g/mol. The van der Waals surface area contributed by atoms with Crippen molar-refractivity contribution >= 4 is 15.9 Å². The van der Waals surface area contributed by atoms with E-state index in [4.69, 9.17) is 0 Å². The summed E-state index contributed by atoms with van der Waals surface area (Å²) in [5, 5.41) is 3.58. The quantitative estimate of drug-likeness (QED) is 0.851. The fraction of sp³-hybridized carbons (Fsp3) is 0.571. The molecule has 0 radical (unpaired) electrons. The summed E-state index contributed by atoms with van der Waals surface area (Å²) in [7, 11) is 0. The van der Waals surface area contributed by atoms with Gasteiger partial charge in [0, 0.05) is 17.1 Å². The summed E-state index contributed by atoms with van der Waals surface area (Å²) in [5.74, 6) is 0.726. The molecule has 1 N–H and O–H groups in total. The van der Waals surface area contributed by atoms with E-state index in [2.05, 4.69) is 67.1 Å². The van der Waals surface area contributed by atoms with Crippen LogP contribution >= 0.6 is 15.9 Å². The number of rotatable bonds is 5. The van der Waals surface area contributed by atoms with Gasteiger partial charge in [-0.3, -0.25) is 0 Å². The Kier molecular flexibility index (Phi) is 5.50. The minimum Gasteiger partial charge on any atom is -0.310 e. The van der Waals surface area contributed by atoms with Gasteiger partial charge in [-0.1, -0.05) is 48.3 Å². The van der Waals surface area contributed by atoms with Gasteiger partial charge in [-0.2, -0.15) is 0 Å². The number of hydrogen-bond donors (Lipinski definition) is 1. The molecule has 1 rings (SSSR count). The highest BCUT2D eigenvalue weighted by atomic mass is 79.9. The van der Waals surface area contributed by atoms with Gasteiger partial charge < -0.3 is 5.32 Å². The van der Waals surface area contributed by atoms with Gasteiger partial charge in [-0.05, 0) is 37.0 Å². The van der Waals surface area contributed by atoms with Gasteiger partial charge in [-0.15, -0.1) is 0 Å². The van der Waals surface area contributed by atoms with Crippen molar-refractivity contribution in [2.45, 2.75) is 46.7 Å². The number of benzene rings is 1. The molecule has 0 aliphatic heterocycles. The van der Waals surface area contributed by atoms with Crippen molar-refractivity contribution in [2.75, 3.05) is 0 Å². The fourth-order valence-electron chi connectivity index (χ4n) is 1.62. The maximum Gasteiger partial charge on any atom is 0.0222 e. The van der Waals surface area contributed by atoms with Gasteiger partial charge >= 0.3 is 0 Å². The van der Waals surface area contributed by atoms with Crippen molar-refractivity contribution in [1.82, 2.24) is 5.32 Å². The predicted octanol–water partition coefficient (Wildman–Crippen LogP) is 4.28. The lowest BCUT2D eigenvalue weighted by Gasteiger charge is -2.20. The largest absolute Gasteiger partial charge is 0.310 e. The molecule has 0 amide bonds. The van der Waals surface area contributed by atoms with Crippen LogP contribution in [0.1, 0.15) is 38.3 Å². The number of nitrogens with one attached hydrogen (secondary N) is 1. The van der Waals surface area contributed by atoms with Crippen LogP contribution in [0.3, 0.4) is 0 Å². The first-order valence-corrected chi connectivity index (χ1v) is 6.82. The lowest BCUT2D eigenvalue weighted by molar-refractivity contribution is 0.389. The first kappa shape index (κ1) is 13.7. The summed E-state index contributed by atoms with van der Waals surface area (Å²) in [6, 6.07) is 7.09. The first-order valence-electron chi connectivity index (χ1n) is 6.03. The number of halogens is 1. The van der Waals surface area contributed by atoms with Crippen LogP contribution in [-0.4, -0.2) is 6.04 Å². The van der Waals surface area contributed by atoms with Crippen molar-refractivity contribution in [1.29, 1.82) is 0 Å². The van der Waals surface area contributed by atoms with Gasteiger partial charge in [0.1, 0.15) is 0 Å². The van der Waals surface area contributed by atoms with Crippen molar-refractivity contribution in [2.24, 2.45) is 5.92 Å². The summed E-state index contributed by atoms with van der Waals surface area (Å²) in [6.07, 6.45) is 1.23. The van der Waals surface area contributed by atoms with E-state index in [-0.39, 0.29) is 0 Å². The third-order valence-electron chi connectivity index (χ3n) is 3.32. The van der Waals surface area contributed by atoms with Crippen LogP contribution in [-0.2, 0) is 6.54 Å². The Labute approximate surface area is 108 Å². The zero-order valence-corrected chi connectivity index (χ0v) is 12.3. The second kappa shape index (κ2) is 6.41. The Morgan fingerprint density at radius 3 is 2.56 bits per heavy atom. The Bertz CT molecular complexity index is 336. The molecule has 90 valence electrons. The maximum absolute atomic E-state index is 3.61. The van der Waals surface area contributed by atoms with Crippen molar-refractivity contribution < 1.29 is 0 Å². The highest BCUT2D eigenvalue weighted by Crippen LogP contribution is 2.18. The Hall–Kier alpha value is -0.340. The van der Waals surface area contributed by atoms with Crippen LogP contribution in [0.5, 0.6) is 0 Å². The molecule has 2 unspecified atom stereocenters. The van der Waals surface area contributed by atoms with Crippen LogP contribution < -0.4 is 5.32 Å². The Morgan fingerprint density at radius 2 is 2.00 bits per heavy atom. The van der Waals surface area contributed by atoms with Crippen LogP contribution in [0, 0.1) is 12.8 Å². The van der Waals surface area contributed by atoms with E-state index >= 15 is 0 Å². The van der Waals surface area contributed by atoms with Gasteiger partial charge in [0.2, 0.25) is 0 Å². The first-order chi connectivity index (χ1) is 7.54. The van der Waals surface area contributed by atoms with Crippen molar-refractivity contribution in [3.8, 4) is 0 Å². The third-order valence-corrected chi connectivity index (χ3v) is 4.06. The minimum absolute atomic E-state index is 0.568. The SMILES string of the molecule is CCC(C)C(C)NCc1ccc(C)cc1Br. The molecule has 2 heteroatoms. The van der Waals surface area contributed by atoms with E-state index in [1.54, 1.807) is 0 Å². The van der Waals surface area contributed by atoms with Crippen molar-refractivity contribution in [3.05, 3.63) is 33.8 Å². The van der Waals surface area contributed by atoms with E-state index in [9.17, 15) is 0 Å². The second-order valence-electron chi connectivity index (χ2n) is 4.65. The summed E-state index contributed by atoms with van der Waals surface area (Å²) in [5.41, 5.74) is 2.63. The van der Waals surface area contributed by atoms with Crippen LogP contribution in [0.4, 0.5) is 0 Å². The van der Waals surface area contributed by atoms with Crippen LogP contribution in [0.25, 0.3) is 0 Å². The molecular formula is C14H22BrN. The predicted molar refractivity (Wildman–Crippen MR) is 74.6 cm³/mol. The van der Waals surface area contributed by atoms with E-state index in [0.29, 0.717) is 6.04 Å². The molecule has 0 spiro atoms. The highest BCUT2D eigenvalue weighted by Gasteiger charge is 2.09. The molecule has 1 aromatic carbocycles. The third kappa shape index (κ3) is 3.91. The summed E-state index contributed by atoms with van der Waals surface area (Å²) < 4.78 is 1.20. The molecule has 0 bridgehead atoms. The lowest BCUT2D eigenvalue weighted by atomic mass is 10.0. The molecule has 0 aromatic heterocycles. The maximum atomic E-state index is 3.61. The monoisotopic (exact) mass is 283 g/mol. The number of hydrogen-bond acceptors (Lipinski definition) is 1. The average Bonchev–Trinajstić information content (AvgIpc) is 2.26. The molecule has 1 aromatic rings. The smallest absolute Gasteiger partial charge is 0.0222 e. The van der Waals surface area contributed by atoms with E-state index in [1.807, 2.05) is 0 Å². The molecule has 0 fully saturated rings. The lowest BCUT2D eigenvalue weighted by Crippen LogP contribution is -2.31. The van der Waals surface area contributed by atoms with Gasteiger partial charge in [0.15, 0.2) is 0 Å². The molecular weight excluding hydrogens is 262 g/mol. The zero-order valence-electron chi connectivity index (χ0n) is 10.7. The number of aryl methyl sites for hydroxylation is 1. The van der Waals surface area contributed by atoms with Crippen LogP contribution in [0.2, 0.25) is 0 Å². The van der Waals surface area contributed by atoms with E-state index in [1.165, 1.54) is 22.0 Å². The molecule has 2 atom stereocenters. The normalized spacial score (nSPS) is 14.8. The molecule has 0 heterocycles. The van der Waals surface area contributed by atoms with Gasteiger partial charge in [0.05, 0.1) is 0 Å². The van der Waals surface area contributed by atoms with Gasteiger partial charge in [-0.25, -0.2) is 0 Å². The Morgan fingerprint density at radius 1 is 1.31 bits per heavy atom. The molecule has 0 saturated carbocycles. The fourth-order valence-corrected chi connectivity index (χ4v) is 2.25. The Balaban J connectivity index is 2.54. The van der Waals surface area contributed by atoms with Crippen LogP contribution in [0.15, 0.2) is 22.7 Å². The highest BCUT2D eigenvalue weighted by molar-refractivity contribution is 9.10. The van der Waals surface area contributed by atoms with Crippen molar-refractivity contribution in [3.63, 3.8) is 0 Å². The molecule has 0 aliphatic carbocycles. The summed E-state index contributed by atoms with van der Waals surface area (Å²) >= 11 is 3.61. The second-order valence-corrected chi connectivity index (χ2v) is 5.50. The zero-order chi connectivity index (χ0) is 12.1. The van der Waals surface area contributed by atoms with E-state index in [0.717, 1.165) is 12.5 Å². The van der Waals surface area contributed by atoms with Gasteiger partial charge in [0.25, 0.3) is 0 Å². The molecule has 16 heavy (non-hydrogen) atoms. The topological polar surface area (TPSA) is 12.0 Å². The molecule has 0 saturated heterocycles. The summed E-state index contributed by atoms with van der Waals surface area (Å²) in [6.45, 7) is 9.85. The standard InChI is InChI=1S/C14H22BrN/c1-5-11(3)12(4)16-9-13-7-6-10(2)8-14(13)15/h6-8,11-12,16H,5,9H2,1-4H3. The summed E-state index contributed by atoms with van der Waals surface area (Å²) in [4.78, 5) is 0. The van der Waals surface area contributed by atoms with E-state index < -0.39 is 0 Å². The molecule has 0 aliphatic rings. The molecule has 1 nitrogen and oxygen atoms in total.